The number of aldehydes is 1. The van der Waals surface area contributed by atoms with Gasteiger partial charge in [-0.05, 0) is 68.7 Å². The van der Waals surface area contributed by atoms with E-state index in [1.165, 1.54) is 36.5 Å². The van der Waals surface area contributed by atoms with Gasteiger partial charge in [-0.15, -0.1) is 0 Å². The highest BCUT2D eigenvalue weighted by Crippen LogP contribution is 2.40. The number of rotatable bonds is 3. The first-order valence-corrected chi connectivity index (χ1v) is 7.55. The summed E-state index contributed by atoms with van der Waals surface area (Å²) in [6, 6.07) is 0. The second-order valence-corrected chi connectivity index (χ2v) is 6.41. The molecule has 0 spiro atoms. The van der Waals surface area contributed by atoms with Crippen molar-refractivity contribution in [3.63, 3.8) is 0 Å². The van der Waals surface area contributed by atoms with Crippen molar-refractivity contribution < 1.29 is 4.79 Å². The molecule has 0 N–H and O–H groups in total. The SMILES string of the molecule is CC1=C(/C=C/C(C)=C/C#C/C(C)=C\C=O)C(C)(C)CCC1. The van der Waals surface area contributed by atoms with Gasteiger partial charge in [0, 0.05) is 5.57 Å². The van der Waals surface area contributed by atoms with E-state index in [1.54, 1.807) is 0 Å². The molecule has 112 valence electrons. The van der Waals surface area contributed by atoms with Gasteiger partial charge in [-0.1, -0.05) is 43.4 Å². The Morgan fingerprint density at radius 1 is 1.29 bits per heavy atom. The monoisotopic (exact) mass is 282 g/mol. The minimum absolute atomic E-state index is 0.272. The van der Waals surface area contributed by atoms with E-state index in [1.807, 2.05) is 13.0 Å². The summed E-state index contributed by atoms with van der Waals surface area (Å²) < 4.78 is 0. The molecule has 0 radical (unpaired) electrons. The summed E-state index contributed by atoms with van der Waals surface area (Å²) in [5.74, 6) is 5.92. The quantitative estimate of drug-likeness (QED) is 0.302. The van der Waals surface area contributed by atoms with E-state index in [0.717, 1.165) is 17.4 Å². The van der Waals surface area contributed by atoms with Crippen LogP contribution in [0.15, 0.2) is 46.6 Å². The number of allylic oxidation sites excluding steroid dienone is 8. The minimum Gasteiger partial charge on any atom is -0.299 e. The Hall–Kier alpha value is -1.81. The summed E-state index contributed by atoms with van der Waals surface area (Å²) in [4.78, 5) is 10.3. The molecule has 0 saturated carbocycles. The van der Waals surface area contributed by atoms with Gasteiger partial charge in [-0.2, -0.15) is 0 Å². The molecule has 0 bridgehead atoms. The molecule has 0 fully saturated rings. The molecule has 1 rings (SSSR count). The summed E-state index contributed by atoms with van der Waals surface area (Å²) >= 11 is 0. The van der Waals surface area contributed by atoms with Gasteiger partial charge in [-0.3, -0.25) is 4.79 Å². The van der Waals surface area contributed by atoms with Crippen molar-refractivity contribution in [3.8, 4) is 11.8 Å². The van der Waals surface area contributed by atoms with Crippen molar-refractivity contribution in [1.82, 2.24) is 0 Å². The van der Waals surface area contributed by atoms with Gasteiger partial charge in [0.05, 0.1) is 0 Å². The Balaban J connectivity index is 2.84. The molecule has 0 atom stereocenters. The fraction of sp³-hybridized carbons (Fsp3) is 0.450. The van der Waals surface area contributed by atoms with Crippen LogP contribution >= 0.6 is 0 Å². The van der Waals surface area contributed by atoms with Gasteiger partial charge in [0.15, 0.2) is 0 Å². The maximum absolute atomic E-state index is 10.3. The third-order valence-corrected chi connectivity index (χ3v) is 3.94. The third-order valence-electron chi connectivity index (χ3n) is 3.94. The normalized spacial score (nSPS) is 19.5. The van der Waals surface area contributed by atoms with Gasteiger partial charge in [-0.25, -0.2) is 0 Å². The van der Waals surface area contributed by atoms with E-state index in [4.69, 9.17) is 0 Å². The van der Waals surface area contributed by atoms with E-state index >= 15 is 0 Å². The molecular formula is C20H26O. The summed E-state index contributed by atoms with van der Waals surface area (Å²) in [5.41, 5.74) is 5.15. The third kappa shape index (κ3) is 5.60. The average molecular weight is 282 g/mol. The summed E-state index contributed by atoms with van der Waals surface area (Å²) in [5, 5.41) is 0. The molecule has 1 nitrogen and oxygen atoms in total. The molecule has 0 aromatic rings. The maximum atomic E-state index is 10.3. The molecule has 0 saturated heterocycles. The van der Waals surface area contributed by atoms with Crippen LogP contribution in [-0.4, -0.2) is 6.29 Å². The summed E-state index contributed by atoms with van der Waals surface area (Å²) in [7, 11) is 0. The molecule has 1 heteroatoms. The van der Waals surface area contributed by atoms with Crippen molar-refractivity contribution in [2.75, 3.05) is 0 Å². The molecule has 1 aliphatic carbocycles. The Labute approximate surface area is 129 Å². The summed E-state index contributed by atoms with van der Waals surface area (Å²) in [6.45, 7) is 10.8. The molecule has 21 heavy (non-hydrogen) atoms. The van der Waals surface area contributed by atoms with Crippen LogP contribution in [0.25, 0.3) is 0 Å². The Morgan fingerprint density at radius 2 is 2.00 bits per heavy atom. The summed E-state index contributed by atoms with van der Waals surface area (Å²) in [6.07, 6.45) is 12.3. The van der Waals surface area contributed by atoms with Crippen LogP contribution in [0.3, 0.4) is 0 Å². The molecule has 0 heterocycles. The van der Waals surface area contributed by atoms with Crippen molar-refractivity contribution in [3.05, 3.63) is 46.6 Å². The van der Waals surface area contributed by atoms with Crippen LogP contribution in [-0.2, 0) is 4.79 Å². The van der Waals surface area contributed by atoms with Crippen LogP contribution < -0.4 is 0 Å². The van der Waals surface area contributed by atoms with E-state index < -0.39 is 0 Å². The Morgan fingerprint density at radius 3 is 2.62 bits per heavy atom. The molecule has 0 aliphatic heterocycles. The second-order valence-electron chi connectivity index (χ2n) is 6.41. The lowest BCUT2D eigenvalue weighted by molar-refractivity contribution is -0.104. The number of hydrogen-bond acceptors (Lipinski definition) is 1. The largest absolute Gasteiger partial charge is 0.299 e. The predicted molar refractivity (Wildman–Crippen MR) is 90.8 cm³/mol. The Kier molecular flexibility index (Phi) is 6.43. The molecule has 0 aromatic heterocycles. The highest BCUT2D eigenvalue weighted by molar-refractivity contribution is 5.67. The lowest BCUT2D eigenvalue weighted by Gasteiger charge is -2.32. The topological polar surface area (TPSA) is 17.1 Å². The smallest absolute Gasteiger partial charge is 0.143 e. The zero-order valence-electron chi connectivity index (χ0n) is 13.9. The van der Waals surface area contributed by atoms with Crippen LogP contribution in [0.2, 0.25) is 0 Å². The van der Waals surface area contributed by atoms with E-state index in [-0.39, 0.29) is 5.41 Å². The first kappa shape index (κ1) is 17.2. The van der Waals surface area contributed by atoms with Crippen LogP contribution in [0, 0.1) is 17.3 Å². The van der Waals surface area contributed by atoms with Crippen molar-refractivity contribution in [2.24, 2.45) is 5.41 Å². The van der Waals surface area contributed by atoms with Crippen LogP contribution in [0.1, 0.15) is 53.9 Å². The van der Waals surface area contributed by atoms with Gasteiger partial charge in [0.25, 0.3) is 0 Å². The van der Waals surface area contributed by atoms with E-state index in [0.29, 0.717) is 0 Å². The first-order valence-electron chi connectivity index (χ1n) is 7.55. The van der Waals surface area contributed by atoms with E-state index in [2.05, 4.69) is 51.7 Å². The zero-order chi connectivity index (χ0) is 15.9. The van der Waals surface area contributed by atoms with Gasteiger partial charge in [0.1, 0.15) is 6.29 Å². The number of carbonyl (C=O) groups excluding carboxylic acids is 1. The van der Waals surface area contributed by atoms with E-state index in [9.17, 15) is 4.79 Å². The molecular weight excluding hydrogens is 256 g/mol. The average Bonchev–Trinajstić information content (AvgIpc) is 2.37. The maximum Gasteiger partial charge on any atom is 0.143 e. The minimum atomic E-state index is 0.272. The van der Waals surface area contributed by atoms with Crippen molar-refractivity contribution in [2.45, 2.75) is 53.9 Å². The van der Waals surface area contributed by atoms with Crippen LogP contribution in [0.4, 0.5) is 0 Å². The second kappa shape index (κ2) is 7.84. The standard InChI is InChI=1S/C20H26O/c1-16(8-6-9-17(2)13-15-21)11-12-19-18(3)10-7-14-20(19,4)5/h8,11-13,15H,7,10,14H2,1-5H3/b12-11+,16-8+,17-13-. The van der Waals surface area contributed by atoms with Gasteiger partial charge >= 0.3 is 0 Å². The van der Waals surface area contributed by atoms with Crippen LogP contribution in [0.5, 0.6) is 0 Å². The highest BCUT2D eigenvalue weighted by Gasteiger charge is 2.26. The lowest BCUT2D eigenvalue weighted by Crippen LogP contribution is -2.19. The van der Waals surface area contributed by atoms with Gasteiger partial charge < -0.3 is 0 Å². The molecule has 0 amide bonds. The van der Waals surface area contributed by atoms with Crippen molar-refractivity contribution in [1.29, 1.82) is 0 Å². The zero-order valence-corrected chi connectivity index (χ0v) is 13.9. The van der Waals surface area contributed by atoms with Crippen molar-refractivity contribution >= 4 is 6.29 Å². The predicted octanol–water partition coefficient (Wildman–Crippen LogP) is 5.16. The molecule has 1 aliphatic rings. The van der Waals surface area contributed by atoms with Gasteiger partial charge in [0.2, 0.25) is 0 Å². The highest BCUT2D eigenvalue weighted by atomic mass is 16.1. The molecule has 0 unspecified atom stereocenters. The number of hydrogen-bond donors (Lipinski definition) is 0. The fourth-order valence-corrected chi connectivity index (χ4v) is 2.68. The number of carbonyl (C=O) groups is 1. The lowest BCUT2D eigenvalue weighted by atomic mass is 9.72. The molecule has 0 aromatic carbocycles. The fourth-order valence-electron chi connectivity index (χ4n) is 2.68. The Bertz CT molecular complexity index is 569. The first-order chi connectivity index (χ1) is 9.86.